The Morgan fingerprint density at radius 2 is 1.67 bits per heavy atom. The number of ketones is 2. The number of rotatable bonds is 4. The van der Waals surface area contributed by atoms with Crippen molar-refractivity contribution in [1.82, 2.24) is 0 Å². The summed E-state index contributed by atoms with van der Waals surface area (Å²) in [6.07, 6.45) is 6.01. The molecule has 0 aliphatic heterocycles. The fraction of sp³-hybridized carbons (Fsp3) is 0.471. The second-order valence-electron chi connectivity index (χ2n) is 5.48. The van der Waals surface area contributed by atoms with Crippen molar-refractivity contribution in [2.24, 2.45) is 0 Å². The predicted molar refractivity (Wildman–Crippen MR) is 79.3 cm³/mol. The molecule has 1 unspecified atom stereocenters. The number of carbonyl (C=O) groups is 3. The summed E-state index contributed by atoms with van der Waals surface area (Å²) in [6.45, 7) is 7.85. The van der Waals surface area contributed by atoms with Crippen LogP contribution in [-0.4, -0.2) is 23.1 Å². The minimum absolute atomic E-state index is 0.114. The summed E-state index contributed by atoms with van der Waals surface area (Å²) in [4.78, 5) is 35.4. The van der Waals surface area contributed by atoms with Gasteiger partial charge >= 0.3 is 5.97 Å². The number of terminal acetylenes is 1. The fourth-order valence-electron chi connectivity index (χ4n) is 2.29. The van der Waals surface area contributed by atoms with E-state index in [4.69, 9.17) is 11.2 Å². The van der Waals surface area contributed by atoms with E-state index in [2.05, 4.69) is 5.92 Å². The molecule has 0 saturated carbocycles. The SMILES string of the molecule is C#CC(C)(CCC1=C(C)C(=O)C(C)=C(C)C1=O)OC(C)=O. The highest BCUT2D eigenvalue weighted by Gasteiger charge is 2.31. The Balaban J connectivity index is 2.98. The van der Waals surface area contributed by atoms with Crippen LogP contribution in [0.15, 0.2) is 22.3 Å². The van der Waals surface area contributed by atoms with Crippen LogP contribution in [0.5, 0.6) is 0 Å². The van der Waals surface area contributed by atoms with Gasteiger partial charge in [-0.05, 0) is 34.1 Å². The highest BCUT2D eigenvalue weighted by atomic mass is 16.6. The highest BCUT2D eigenvalue weighted by molar-refractivity contribution is 6.24. The van der Waals surface area contributed by atoms with Crippen molar-refractivity contribution in [2.45, 2.75) is 53.1 Å². The number of Topliss-reactive ketones (excluding diaryl/α,β-unsaturated/α-hetero) is 2. The molecule has 1 aliphatic rings. The summed E-state index contributed by atoms with van der Waals surface area (Å²) in [5.74, 6) is 1.72. The summed E-state index contributed by atoms with van der Waals surface area (Å²) in [7, 11) is 0. The zero-order valence-electron chi connectivity index (χ0n) is 13.1. The number of allylic oxidation sites excluding steroid dienone is 4. The van der Waals surface area contributed by atoms with Gasteiger partial charge in [-0.15, -0.1) is 6.42 Å². The van der Waals surface area contributed by atoms with Crippen molar-refractivity contribution in [1.29, 1.82) is 0 Å². The van der Waals surface area contributed by atoms with E-state index in [1.807, 2.05) is 0 Å². The molecule has 0 aromatic rings. The normalized spacial score (nSPS) is 18.5. The van der Waals surface area contributed by atoms with Crippen molar-refractivity contribution in [3.63, 3.8) is 0 Å². The van der Waals surface area contributed by atoms with Crippen molar-refractivity contribution >= 4 is 17.5 Å². The van der Waals surface area contributed by atoms with E-state index >= 15 is 0 Å². The molecular weight excluding hydrogens is 268 g/mol. The molecule has 0 amide bonds. The third kappa shape index (κ3) is 3.49. The minimum Gasteiger partial charge on any atom is -0.446 e. The standard InChI is InChI=1S/C17H20O4/c1-7-17(6,21-13(5)18)9-8-14-12(4)15(19)10(2)11(3)16(14)20/h1H,8-9H2,2-6H3. The topological polar surface area (TPSA) is 60.4 Å². The lowest BCUT2D eigenvalue weighted by atomic mass is 9.82. The molecule has 112 valence electrons. The number of hydrogen-bond donors (Lipinski definition) is 0. The fourth-order valence-corrected chi connectivity index (χ4v) is 2.29. The number of carbonyl (C=O) groups excluding carboxylic acids is 3. The average Bonchev–Trinajstić information content (AvgIpc) is 2.42. The number of hydrogen-bond acceptors (Lipinski definition) is 4. The Hall–Kier alpha value is -2.15. The second-order valence-corrected chi connectivity index (χ2v) is 5.48. The van der Waals surface area contributed by atoms with Crippen LogP contribution in [0.25, 0.3) is 0 Å². The lowest BCUT2D eigenvalue weighted by Crippen LogP contribution is -2.30. The summed E-state index contributed by atoms with van der Waals surface area (Å²) in [6, 6.07) is 0. The molecule has 0 N–H and O–H groups in total. The molecule has 1 atom stereocenters. The first kappa shape index (κ1) is 16.9. The quantitative estimate of drug-likeness (QED) is 0.453. The zero-order chi connectivity index (χ0) is 16.4. The molecular formula is C17H20O4. The molecule has 0 aromatic carbocycles. The predicted octanol–water partition coefficient (Wildman–Crippen LogP) is 2.53. The van der Waals surface area contributed by atoms with E-state index in [0.29, 0.717) is 35.1 Å². The number of esters is 1. The van der Waals surface area contributed by atoms with Gasteiger partial charge in [0.25, 0.3) is 0 Å². The molecule has 4 heteroatoms. The van der Waals surface area contributed by atoms with Crippen LogP contribution in [0.4, 0.5) is 0 Å². The second kappa shape index (κ2) is 6.09. The molecule has 0 heterocycles. The van der Waals surface area contributed by atoms with Crippen LogP contribution in [0.2, 0.25) is 0 Å². The first-order chi connectivity index (χ1) is 9.63. The van der Waals surface area contributed by atoms with Gasteiger partial charge in [0, 0.05) is 35.6 Å². The maximum atomic E-state index is 12.3. The van der Waals surface area contributed by atoms with E-state index in [0.717, 1.165) is 0 Å². The van der Waals surface area contributed by atoms with Crippen LogP contribution < -0.4 is 0 Å². The van der Waals surface area contributed by atoms with Gasteiger partial charge in [-0.2, -0.15) is 0 Å². The van der Waals surface area contributed by atoms with Crippen LogP contribution in [0, 0.1) is 12.3 Å². The zero-order valence-corrected chi connectivity index (χ0v) is 13.1. The van der Waals surface area contributed by atoms with Gasteiger partial charge in [-0.3, -0.25) is 14.4 Å². The summed E-state index contributed by atoms with van der Waals surface area (Å²) in [5, 5.41) is 0. The average molecular weight is 288 g/mol. The van der Waals surface area contributed by atoms with Gasteiger partial charge in [0.1, 0.15) is 0 Å². The van der Waals surface area contributed by atoms with Gasteiger partial charge in [0.05, 0.1) is 0 Å². The molecule has 21 heavy (non-hydrogen) atoms. The first-order valence-electron chi connectivity index (χ1n) is 6.77. The Bertz CT molecular complexity index is 613. The van der Waals surface area contributed by atoms with Crippen molar-refractivity contribution in [3.8, 4) is 12.3 Å². The monoisotopic (exact) mass is 288 g/mol. The molecule has 0 aromatic heterocycles. The Labute approximate surface area is 125 Å². The molecule has 0 bridgehead atoms. The first-order valence-corrected chi connectivity index (χ1v) is 6.77. The van der Waals surface area contributed by atoms with E-state index in [-0.39, 0.29) is 11.6 Å². The van der Waals surface area contributed by atoms with E-state index in [1.165, 1.54) is 6.92 Å². The van der Waals surface area contributed by atoms with Crippen molar-refractivity contribution in [2.75, 3.05) is 0 Å². The molecule has 1 rings (SSSR count). The Morgan fingerprint density at radius 3 is 2.14 bits per heavy atom. The van der Waals surface area contributed by atoms with Crippen LogP contribution in [-0.2, 0) is 19.1 Å². The van der Waals surface area contributed by atoms with Gasteiger partial charge < -0.3 is 4.74 Å². The Morgan fingerprint density at radius 1 is 1.14 bits per heavy atom. The van der Waals surface area contributed by atoms with Crippen LogP contribution >= 0.6 is 0 Å². The summed E-state index contributed by atoms with van der Waals surface area (Å²) < 4.78 is 5.12. The maximum Gasteiger partial charge on any atom is 0.304 e. The van der Waals surface area contributed by atoms with Gasteiger partial charge in [0.2, 0.25) is 0 Å². The minimum atomic E-state index is -1.08. The summed E-state index contributed by atoms with van der Waals surface area (Å²) >= 11 is 0. The van der Waals surface area contributed by atoms with Gasteiger partial charge in [-0.25, -0.2) is 0 Å². The van der Waals surface area contributed by atoms with Gasteiger partial charge in [0.15, 0.2) is 17.2 Å². The van der Waals surface area contributed by atoms with Gasteiger partial charge in [-0.1, -0.05) is 5.92 Å². The lowest BCUT2D eigenvalue weighted by molar-refractivity contribution is -0.150. The largest absolute Gasteiger partial charge is 0.446 e. The van der Waals surface area contributed by atoms with Crippen molar-refractivity contribution in [3.05, 3.63) is 22.3 Å². The van der Waals surface area contributed by atoms with E-state index in [9.17, 15) is 14.4 Å². The van der Waals surface area contributed by atoms with Crippen LogP contribution in [0.1, 0.15) is 47.5 Å². The molecule has 4 nitrogen and oxygen atoms in total. The van der Waals surface area contributed by atoms with E-state index < -0.39 is 11.6 Å². The van der Waals surface area contributed by atoms with Crippen LogP contribution in [0.3, 0.4) is 0 Å². The third-order valence-electron chi connectivity index (χ3n) is 3.84. The number of ether oxygens (including phenoxy) is 1. The molecule has 0 fully saturated rings. The maximum absolute atomic E-state index is 12.3. The highest BCUT2D eigenvalue weighted by Crippen LogP contribution is 2.29. The molecule has 1 aliphatic carbocycles. The molecule has 0 radical (unpaired) electrons. The molecule has 0 spiro atoms. The Kier molecular flexibility index (Phi) is 4.90. The summed E-state index contributed by atoms with van der Waals surface area (Å²) in [5.41, 5.74) is 0.783. The smallest absolute Gasteiger partial charge is 0.304 e. The third-order valence-corrected chi connectivity index (χ3v) is 3.84. The van der Waals surface area contributed by atoms with Crippen molar-refractivity contribution < 1.29 is 19.1 Å². The molecule has 0 saturated heterocycles. The van der Waals surface area contributed by atoms with E-state index in [1.54, 1.807) is 27.7 Å². The lowest BCUT2D eigenvalue weighted by Gasteiger charge is -2.25.